The molecule has 18 heavy (non-hydrogen) atoms. The Balaban J connectivity index is 2.10. The number of methoxy groups -OCH3 is 1. The second kappa shape index (κ2) is 5.69. The molecule has 0 amide bonds. The average Bonchev–Trinajstić information content (AvgIpc) is 2.41. The van der Waals surface area contributed by atoms with Gasteiger partial charge >= 0.3 is 5.97 Å². The summed E-state index contributed by atoms with van der Waals surface area (Å²) in [5, 5.41) is 3.24. The van der Waals surface area contributed by atoms with Crippen molar-refractivity contribution in [3.8, 4) is 0 Å². The third-order valence-corrected chi connectivity index (χ3v) is 2.97. The van der Waals surface area contributed by atoms with Crippen molar-refractivity contribution in [1.82, 2.24) is 0 Å². The van der Waals surface area contributed by atoms with Gasteiger partial charge in [-0.05, 0) is 48.5 Å². The largest absolute Gasteiger partial charge is 0.465 e. The van der Waals surface area contributed by atoms with E-state index in [0.717, 1.165) is 15.8 Å². The van der Waals surface area contributed by atoms with E-state index >= 15 is 0 Å². The summed E-state index contributed by atoms with van der Waals surface area (Å²) in [7, 11) is 1.37. The Morgan fingerprint density at radius 1 is 1.00 bits per heavy atom. The normalized spacial score (nSPS) is 9.89. The lowest BCUT2D eigenvalue weighted by molar-refractivity contribution is 0.0601. The number of carbonyl (C=O) groups is 1. The second-order valence-electron chi connectivity index (χ2n) is 3.70. The minimum Gasteiger partial charge on any atom is -0.465 e. The smallest absolute Gasteiger partial charge is 0.337 e. The molecule has 0 saturated carbocycles. The maximum Gasteiger partial charge on any atom is 0.337 e. The number of halogens is 1. The van der Waals surface area contributed by atoms with Gasteiger partial charge in [0.2, 0.25) is 0 Å². The molecule has 0 aliphatic carbocycles. The lowest BCUT2D eigenvalue weighted by Crippen LogP contribution is -2.00. The van der Waals surface area contributed by atoms with Gasteiger partial charge in [0.1, 0.15) is 0 Å². The Labute approximate surface area is 114 Å². The molecule has 0 radical (unpaired) electrons. The molecular weight excluding hydrogens is 294 g/mol. The highest BCUT2D eigenvalue weighted by Crippen LogP contribution is 2.19. The van der Waals surface area contributed by atoms with Crippen LogP contribution < -0.4 is 5.32 Å². The average molecular weight is 306 g/mol. The Morgan fingerprint density at radius 3 is 2.00 bits per heavy atom. The minimum atomic E-state index is -0.329. The van der Waals surface area contributed by atoms with Crippen molar-refractivity contribution in [2.75, 3.05) is 12.4 Å². The fourth-order valence-corrected chi connectivity index (χ4v) is 1.77. The summed E-state index contributed by atoms with van der Waals surface area (Å²) in [6, 6.07) is 15.0. The maximum atomic E-state index is 11.3. The van der Waals surface area contributed by atoms with E-state index in [1.54, 1.807) is 12.1 Å². The Kier molecular flexibility index (Phi) is 3.99. The molecule has 3 nitrogen and oxygen atoms in total. The second-order valence-corrected chi connectivity index (χ2v) is 4.62. The van der Waals surface area contributed by atoms with Gasteiger partial charge in [-0.1, -0.05) is 15.9 Å². The van der Waals surface area contributed by atoms with Gasteiger partial charge in [-0.3, -0.25) is 0 Å². The van der Waals surface area contributed by atoms with Crippen LogP contribution in [0.5, 0.6) is 0 Å². The van der Waals surface area contributed by atoms with Crippen LogP contribution in [0, 0.1) is 0 Å². The predicted molar refractivity (Wildman–Crippen MR) is 75.2 cm³/mol. The van der Waals surface area contributed by atoms with E-state index in [2.05, 4.69) is 26.0 Å². The standard InChI is InChI=1S/C14H12BrNO2/c1-18-14(17)10-2-6-12(7-3-10)16-13-8-4-11(15)5-9-13/h2-9,16H,1H3. The molecule has 2 rings (SSSR count). The van der Waals surface area contributed by atoms with Crippen LogP contribution in [0.2, 0.25) is 0 Å². The first kappa shape index (κ1) is 12.6. The highest BCUT2D eigenvalue weighted by molar-refractivity contribution is 9.10. The number of carbonyl (C=O) groups excluding carboxylic acids is 1. The monoisotopic (exact) mass is 305 g/mol. The maximum absolute atomic E-state index is 11.3. The summed E-state index contributed by atoms with van der Waals surface area (Å²) in [5.41, 5.74) is 2.45. The van der Waals surface area contributed by atoms with Crippen LogP contribution in [0.4, 0.5) is 11.4 Å². The van der Waals surface area contributed by atoms with Crippen LogP contribution in [-0.4, -0.2) is 13.1 Å². The van der Waals surface area contributed by atoms with Crippen molar-refractivity contribution in [1.29, 1.82) is 0 Å². The van der Waals surface area contributed by atoms with Gasteiger partial charge in [-0.25, -0.2) is 4.79 Å². The van der Waals surface area contributed by atoms with E-state index in [1.807, 2.05) is 36.4 Å². The highest BCUT2D eigenvalue weighted by Gasteiger charge is 2.04. The third-order valence-electron chi connectivity index (χ3n) is 2.44. The summed E-state index contributed by atoms with van der Waals surface area (Å²) < 4.78 is 5.68. The third kappa shape index (κ3) is 3.11. The number of hydrogen-bond donors (Lipinski definition) is 1. The Morgan fingerprint density at radius 2 is 1.50 bits per heavy atom. The molecule has 0 spiro atoms. The highest BCUT2D eigenvalue weighted by atomic mass is 79.9. The Bertz CT molecular complexity index is 535. The van der Waals surface area contributed by atoms with Crippen molar-refractivity contribution < 1.29 is 9.53 Å². The van der Waals surface area contributed by atoms with Gasteiger partial charge in [0, 0.05) is 15.8 Å². The number of esters is 1. The molecule has 0 aliphatic rings. The number of anilines is 2. The molecule has 0 aromatic heterocycles. The van der Waals surface area contributed by atoms with Crippen LogP contribution in [-0.2, 0) is 4.74 Å². The van der Waals surface area contributed by atoms with Crippen molar-refractivity contribution in [2.24, 2.45) is 0 Å². The van der Waals surface area contributed by atoms with Crippen molar-refractivity contribution >= 4 is 33.3 Å². The minimum absolute atomic E-state index is 0.329. The van der Waals surface area contributed by atoms with Gasteiger partial charge < -0.3 is 10.1 Å². The van der Waals surface area contributed by atoms with Crippen LogP contribution in [0.25, 0.3) is 0 Å². The van der Waals surface area contributed by atoms with E-state index in [-0.39, 0.29) is 5.97 Å². The molecule has 0 fully saturated rings. The van der Waals surface area contributed by atoms with Crippen LogP contribution >= 0.6 is 15.9 Å². The number of nitrogens with one attached hydrogen (secondary N) is 1. The quantitative estimate of drug-likeness (QED) is 0.872. The summed E-state index contributed by atoms with van der Waals surface area (Å²) in [6.45, 7) is 0. The number of hydrogen-bond acceptors (Lipinski definition) is 3. The zero-order valence-electron chi connectivity index (χ0n) is 9.81. The van der Waals surface area contributed by atoms with Gasteiger partial charge in [0.05, 0.1) is 12.7 Å². The molecule has 0 bridgehead atoms. The number of ether oxygens (including phenoxy) is 1. The molecule has 0 unspecified atom stereocenters. The fraction of sp³-hybridized carbons (Fsp3) is 0.0714. The summed E-state index contributed by atoms with van der Waals surface area (Å²) in [4.78, 5) is 11.3. The fourth-order valence-electron chi connectivity index (χ4n) is 1.51. The topological polar surface area (TPSA) is 38.3 Å². The number of rotatable bonds is 3. The van der Waals surface area contributed by atoms with E-state index in [0.29, 0.717) is 5.56 Å². The molecule has 2 aromatic rings. The molecule has 0 atom stereocenters. The van der Waals surface area contributed by atoms with E-state index in [1.165, 1.54) is 7.11 Å². The van der Waals surface area contributed by atoms with Crippen molar-refractivity contribution in [3.05, 3.63) is 58.6 Å². The summed E-state index contributed by atoms with van der Waals surface area (Å²) in [6.07, 6.45) is 0. The summed E-state index contributed by atoms with van der Waals surface area (Å²) >= 11 is 3.39. The first-order valence-electron chi connectivity index (χ1n) is 5.40. The van der Waals surface area contributed by atoms with E-state index in [9.17, 15) is 4.79 Å². The first-order chi connectivity index (χ1) is 8.69. The molecular formula is C14H12BrNO2. The Hall–Kier alpha value is -1.81. The zero-order chi connectivity index (χ0) is 13.0. The predicted octanol–water partition coefficient (Wildman–Crippen LogP) is 3.98. The van der Waals surface area contributed by atoms with Crippen LogP contribution in [0.1, 0.15) is 10.4 Å². The van der Waals surface area contributed by atoms with Gasteiger partial charge in [-0.2, -0.15) is 0 Å². The van der Waals surface area contributed by atoms with E-state index in [4.69, 9.17) is 0 Å². The lowest BCUT2D eigenvalue weighted by Gasteiger charge is -2.07. The summed E-state index contributed by atoms with van der Waals surface area (Å²) in [5.74, 6) is -0.329. The molecule has 92 valence electrons. The van der Waals surface area contributed by atoms with Crippen molar-refractivity contribution in [2.45, 2.75) is 0 Å². The number of benzene rings is 2. The first-order valence-corrected chi connectivity index (χ1v) is 6.19. The van der Waals surface area contributed by atoms with Gasteiger partial charge in [-0.15, -0.1) is 0 Å². The zero-order valence-corrected chi connectivity index (χ0v) is 11.4. The van der Waals surface area contributed by atoms with Crippen LogP contribution in [0.15, 0.2) is 53.0 Å². The van der Waals surface area contributed by atoms with Crippen molar-refractivity contribution in [3.63, 3.8) is 0 Å². The molecule has 1 N–H and O–H groups in total. The molecule has 0 saturated heterocycles. The lowest BCUT2D eigenvalue weighted by atomic mass is 10.2. The van der Waals surface area contributed by atoms with Gasteiger partial charge in [0.25, 0.3) is 0 Å². The molecule has 0 aliphatic heterocycles. The molecule has 4 heteroatoms. The molecule has 2 aromatic carbocycles. The van der Waals surface area contributed by atoms with E-state index < -0.39 is 0 Å². The SMILES string of the molecule is COC(=O)c1ccc(Nc2ccc(Br)cc2)cc1. The van der Waals surface area contributed by atoms with Crippen LogP contribution in [0.3, 0.4) is 0 Å². The van der Waals surface area contributed by atoms with Gasteiger partial charge in [0.15, 0.2) is 0 Å². The molecule has 0 heterocycles.